The van der Waals surface area contributed by atoms with Crippen LogP contribution in [0.1, 0.15) is 48.9 Å². The van der Waals surface area contributed by atoms with Crippen LogP contribution in [0.15, 0.2) is 4.42 Å². The van der Waals surface area contributed by atoms with E-state index in [0.717, 1.165) is 43.4 Å². The molecule has 0 aliphatic carbocycles. The number of ether oxygens (including phenoxy) is 1. The van der Waals surface area contributed by atoms with Gasteiger partial charge in [0.25, 0.3) is 0 Å². The predicted octanol–water partition coefficient (Wildman–Crippen LogP) is 1.28. The Labute approximate surface area is 147 Å². The normalized spacial score (nSPS) is 24.9. The molecule has 2 fully saturated rings. The number of oxazole rings is 1. The van der Waals surface area contributed by atoms with Crippen molar-refractivity contribution < 1.29 is 22.4 Å². The van der Waals surface area contributed by atoms with E-state index in [4.69, 9.17) is 9.15 Å². The maximum absolute atomic E-state index is 12.7. The zero-order chi connectivity index (χ0) is 17.4. The number of rotatable bonds is 2. The van der Waals surface area contributed by atoms with Crippen LogP contribution in [-0.4, -0.2) is 55.5 Å². The van der Waals surface area contributed by atoms with Gasteiger partial charge in [-0.1, -0.05) is 0 Å². The first-order chi connectivity index (χ1) is 12.0. The van der Waals surface area contributed by atoms with E-state index in [9.17, 15) is 13.2 Å². The van der Waals surface area contributed by atoms with Crippen LogP contribution in [0.2, 0.25) is 0 Å². The van der Waals surface area contributed by atoms with Crippen molar-refractivity contribution in [2.75, 3.05) is 31.3 Å². The van der Waals surface area contributed by atoms with Crippen LogP contribution < -0.4 is 0 Å². The first kappa shape index (κ1) is 17.0. The number of fused-ring (bicyclic) bond motifs is 1. The van der Waals surface area contributed by atoms with E-state index in [0.29, 0.717) is 38.3 Å². The Kier molecular flexibility index (Phi) is 4.58. The van der Waals surface area contributed by atoms with Gasteiger partial charge in [-0.05, 0) is 25.7 Å². The molecule has 0 N–H and O–H groups in total. The van der Waals surface area contributed by atoms with Gasteiger partial charge in [-0.2, -0.15) is 0 Å². The van der Waals surface area contributed by atoms with Gasteiger partial charge in [0.2, 0.25) is 5.91 Å². The molecule has 1 aromatic heterocycles. The maximum Gasteiger partial charge on any atom is 0.226 e. The fourth-order valence-corrected chi connectivity index (χ4v) is 5.41. The Balaban J connectivity index is 1.42. The molecular formula is C17H24N2O5S. The highest BCUT2D eigenvalue weighted by Gasteiger charge is 2.34. The molecule has 0 bridgehead atoms. The summed E-state index contributed by atoms with van der Waals surface area (Å²) < 4.78 is 34.5. The molecule has 1 amide bonds. The van der Waals surface area contributed by atoms with Crippen molar-refractivity contribution in [3.05, 3.63) is 17.3 Å². The van der Waals surface area contributed by atoms with Gasteiger partial charge >= 0.3 is 0 Å². The van der Waals surface area contributed by atoms with Crippen LogP contribution in [-0.2, 0) is 32.3 Å². The van der Waals surface area contributed by atoms with Crippen molar-refractivity contribution in [3.8, 4) is 0 Å². The predicted molar refractivity (Wildman–Crippen MR) is 89.8 cm³/mol. The number of nitrogens with zero attached hydrogens (tertiary/aromatic N) is 2. The van der Waals surface area contributed by atoms with Crippen LogP contribution in [0, 0.1) is 5.92 Å². The summed E-state index contributed by atoms with van der Waals surface area (Å²) in [4.78, 5) is 19.2. The van der Waals surface area contributed by atoms with Gasteiger partial charge in [-0.25, -0.2) is 13.4 Å². The Morgan fingerprint density at radius 3 is 2.56 bits per heavy atom. The van der Waals surface area contributed by atoms with Crippen molar-refractivity contribution in [2.45, 2.75) is 44.6 Å². The minimum Gasteiger partial charge on any atom is -0.445 e. The Bertz CT molecular complexity index is 737. The molecule has 7 nitrogen and oxygen atoms in total. The highest BCUT2D eigenvalue weighted by molar-refractivity contribution is 7.91. The minimum absolute atomic E-state index is 0.0659. The summed E-state index contributed by atoms with van der Waals surface area (Å²) in [6, 6.07) is 0. The summed E-state index contributed by atoms with van der Waals surface area (Å²) in [5.41, 5.74) is 0.865. The van der Waals surface area contributed by atoms with E-state index < -0.39 is 9.84 Å². The molecule has 0 unspecified atom stereocenters. The zero-order valence-electron chi connectivity index (χ0n) is 14.3. The van der Waals surface area contributed by atoms with E-state index in [2.05, 4.69) is 4.98 Å². The van der Waals surface area contributed by atoms with E-state index in [-0.39, 0.29) is 23.3 Å². The molecule has 4 heterocycles. The number of hydrogen-bond donors (Lipinski definition) is 0. The van der Waals surface area contributed by atoms with Crippen molar-refractivity contribution in [2.24, 2.45) is 5.92 Å². The molecule has 138 valence electrons. The number of sulfone groups is 1. The third-order valence-electron chi connectivity index (χ3n) is 5.53. The zero-order valence-corrected chi connectivity index (χ0v) is 15.1. The average molecular weight is 368 g/mol. The molecule has 0 aromatic carbocycles. The summed E-state index contributed by atoms with van der Waals surface area (Å²) in [6.07, 6.45) is 3.42. The molecule has 2 saturated heterocycles. The lowest BCUT2D eigenvalue weighted by molar-refractivity contribution is -0.136. The van der Waals surface area contributed by atoms with Crippen molar-refractivity contribution in [1.29, 1.82) is 0 Å². The summed E-state index contributed by atoms with van der Waals surface area (Å²) in [5, 5.41) is 0. The molecule has 8 heteroatoms. The van der Waals surface area contributed by atoms with E-state index in [1.54, 1.807) is 0 Å². The van der Waals surface area contributed by atoms with E-state index >= 15 is 0 Å². The van der Waals surface area contributed by atoms with E-state index in [1.165, 1.54) is 0 Å². The lowest BCUT2D eigenvalue weighted by Crippen LogP contribution is -2.42. The maximum atomic E-state index is 12.7. The fourth-order valence-electron chi connectivity index (χ4n) is 3.92. The quantitative estimate of drug-likeness (QED) is 0.781. The second-order valence-corrected chi connectivity index (χ2v) is 9.55. The van der Waals surface area contributed by atoms with Crippen LogP contribution in [0.4, 0.5) is 0 Å². The van der Waals surface area contributed by atoms with Gasteiger partial charge in [0, 0.05) is 38.0 Å². The number of carbonyl (C=O) groups is 1. The average Bonchev–Trinajstić information content (AvgIpc) is 3.05. The fraction of sp³-hybridized carbons (Fsp3) is 0.765. The van der Waals surface area contributed by atoms with Gasteiger partial charge in [0.05, 0.1) is 18.1 Å². The van der Waals surface area contributed by atoms with Crippen molar-refractivity contribution in [3.63, 3.8) is 0 Å². The first-order valence-electron chi connectivity index (χ1n) is 9.07. The third kappa shape index (κ3) is 3.60. The molecule has 0 saturated carbocycles. The monoisotopic (exact) mass is 368 g/mol. The highest BCUT2D eigenvalue weighted by atomic mass is 32.2. The molecule has 3 aliphatic rings. The third-order valence-corrected chi connectivity index (χ3v) is 7.25. The molecule has 3 aliphatic heterocycles. The molecule has 0 atom stereocenters. The number of hydrogen-bond acceptors (Lipinski definition) is 6. The molecule has 0 radical (unpaired) electrons. The van der Waals surface area contributed by atoms with Crippen molar-refractivity contribution in [1.82, 2.24) is 9.88 Å². The van der Waals surface area contributed by atoms with Gasteiger partial charge < -0.3 is 14.1 Å². The first-order valence-corrected chi connectivity index (χ1v) is 10.9. The van der Waals surface area contributed by atoms with Gasteiger partial charge in [0.1, 0.15) is 21.3 Å². The molecule has 1 aromatic rings. The lowest BCUT2D eigenvalue weighted by Gasteiger charge is -2.30. The smallest absolute Gasteiger partial charge is 0.226 e. The van der Waals surface area contributed by atoms with Crippen molar-refractivity contribution >= 4 is 15.7 Å². The van der Waals surface area contributed by atoms with Gasteiger partial charge in [-0.15, -0.1) is 0 Å². The standard InChI is InChI=1S/C17H24N2O5S/c20-17(13-4-9-25(21,22)10-5-13)19-6-1-15-14(11-19)18-16(24-15)12-2-7-23-8-3-12/h12-13H,1-11H2. The Morgan fingerprint density at radius 1 is 1.12 bits per heavy atom. The Morgan fingerprint density at radius 2 is 1.84 bits per heavy atom. The number of carbonyl (C=O) groups excluding carboxylic acids is 1. The molecule has 25 heavy (non-hydrogen) atoms. The second kappa shape index (κ2) is 6.72. The van der Waals surface area contributed by atoms with Crippen LogP contribution in [0.5, 0.6) is 0 Å². The lowest BCUT2D eigenvalue weighted by atomic mass is 9.99. The number of aromatic nitrogens is 1. The van der Waals surface area contributed by atoms with E-state index in [1.807, 2.05) is 4.90 Å². The highest BCUT2D eigenvalue weighted by Crippen LogP contribution is 2.31. The summed E-state index contributed by atoms with van der Waals surface area (Å²) in [7, 11) is -2.95. The summed E-state index contributed by atoms with van der Waals surface area (Å²) in [6.45, 7) is 2.58. The Hall–Kier alpha value is -1.41. The molecule has 0 spiro atoms. The second-order valence-electron chi connectivity index (χ2n) is 7.24. The largest absolute Gasteiger partial charge is 0.445 e. The van der Waals surface area contributed by atoms with Gasteiger partial charge in [0.15, 0.2) is 5.89 Å². The number of amides is 1. The van der Waals surface area contributed by atoms with Crippen LogP contribution in [0.25, 0.3) is 0 Å². The molecular weight excluding hydrogens is 344 g/mol. The minimum atomic E-state index is -2.95. The summed E-state index contributed by atoms with van der Waals surface area (Å²) >= 11 is 0. The van der Waals surface area contributed by atoms with Crippen LogP contribution >= 0.6 is 0 Å². The topological polar surface area (TPSA) is 89.7 Å². The summed E-state index contributed by atoms with van der Waals surface area (Å²) in [5.74, 6) is 2.14. The van der Waals surface area contributed by atoms with Crippen LogP contribution in [0.3, 0.4) is 0 Å². The molecule has 4 rings (SSSR count). The SMILES string of the molecule is O=C(C1CCS(=O)(=O)CC1)N1CCc2oc(C3CCOCC3)nc2C1. The van der Waals surface area contributed by atoms with Gasteiger partial charge in [-0.3, -0.25) is 4.79 Å².